The van der Waals surface area contributed by atoms with Crippen molar-refractivity contribution in [2.45, 2.75) is 12.0 Å². The average molecular weight is 668 g/mol. The van der Waals surface area contributed by atoms with E-state index in [0.29, 0.717) is 17.8 Å². The minimum atomic E-state index is -0.914. The number of rotatable bonds is 7. The number of nitriles is 1. The molecule has 8 rings (SSSR count). The Morgan fingerprint density at radius 2 is 1.12 bits per heavy atom. The van der Waals surface area contributed by atoms with E-state index in [1.54, 1.807) is 0 Å². The van der Waals surface area contributed by atoms with Crippen LogP contribution in [0.4, 0.5) is 17.1 Å². The van der Waals surface area contributed by atoms with Crippen LogP contribution in [0.2, 0.25) is 0 Å². The second-order valence-corrected chi connectivity index (χ2v) is 12.8. The zero-order chi connectivity index (χ0) is 35.3. The molecular formula is C48H33N3O. The zero-order valence-electron chi connectivity index (χ0n) is 28.4. The van der Waals surface area contributed by atoms with Gasteiger partial charge < -0.3 is 9.64 Å². The highest BCUT2D eigenvalue weighted by Gasteiger charge is 2.40. The van der Waals surface area contributed by atoms with Gasteiger partial charge in [-0.2, -0.15) is 0 Å². The Morgan fingerprint density at radius 1 is 0.615 bits per heavy atom. The largest absolute Gasteiger partial charge is 0.478 e. The molecule has 0 N–H and O–H groups in total. The van der Waals surface area contributed by atoms with Gasteiger partial charge in [0.25, 0.3) is 5.70 Å². The van der Waals surface area contributed by atoms with Gasteiger partial charge in [0, 0.05) is 34.6 Å². The summed E-state index contributed by atoms with van der Waals surface area (Å²) in [6, 6.07) is 60.7. The van der Waals surface area contributed by atoms with Crippen LogP contribution in [0, 0.1) is 17.9 Å². The van der Waals surface area contributed by atoms with E-state index in [2.05, 4.69) is 125 Å². The zero-order valence-corrected chi connectivity index (χ0v) is 28.4. The van der Waals surface area contributed by atoms with E-state index in [9.17, 15) is 5.26 Å². The number of hydrogen-bond acceptors (Lipinski definition) is 3. The predicted octanol–water partition coefficient (Wildman–Crippen LogP) is 12.4. The van der Waals surface area contributed by atoms with Crippen molar-refractivity contribution in [3.05, 3.63) is 227 Å². The highest BCUT2D eigenvalue weighted by molar-refractivity contribution is 5.92. The fourth-order valence-electron chi connectivity index (χ4n) is 7.06. The van der Waals surface area contributed by atoms with E-state index in [1.165, 1.54) is 21.5 Å². The Morgan fingerprint density at radius 3 is 1.63 bits per heavy atom. The van der Waals surface area contributed by atoms with Gasteiger partial charge in [0.15, 0.2) is 5.60 Å². The molecule has 0 amide bonds. The van der Waals surface area contributed by atoms with Crippen LogP contribution < -0.4 is 4.90 Å². The lowest BCUT2D eigenvalue weighted by Gasteiger charge is -2.39. The van der Waals surface area contributed by atoms with E-state index < -0.39 is 5.60 Å². The molecule has 1 aliphatic rings. The number of anilines is 3. The fraction of sp³-hybridized carbons (Fsp3) is 0.0417. The molecule has 0 bridgehead atoms. The summed E-state index contributed by atoms with van der Waals surface area (Å²) >= 11 is 0. The molecule has 0 saturated heterocycles. The maximum atomic E-state index is 9.91. The third-order valence-corrected chi connectivity index (χ3v) is 9.62. The second-order valence-electron chi connectivity index (χ2n) is 12.8. The average Bonchev–Trinajstić information content (AvgIpc) is 3.21. The molecule has 0 atom stereocenters. The van der Waals surface area contributed by atoms with E-state index in [0.717, 1.165) is 33.8 Å². The lowest BCUT2D eigenvalue weighted by atomic mass is 9.79. The van der Waals surface area contributed by atoms with Crippen LogP contribution in [-0.4, -0.2) is 0 Å². The van der Waals surface area contributed by atoms with E-state index in [1.807, 2.05) is 78.9 Å². The summed E-state index contributed by atoms with van der Waals surface area (Å²) in [7, 11) is 0. The molecule has 0 unspecified atom stereocenters. The molecule has 0 radical (unpaired) electrons. The molecule has 1 heterocycles. The number of ether oxygens (including phenoxy) is 1. The molecule has 1 aliphatic heterocycles. The molecule has 4 nitrogen and oxygen atoms in total. The Balaban J connectivity index is 1.17. The summed E-state index contributed by atoms with van der Waals surface area (Å²) in [6.45, 7) is 7.75. The van der Waals surface area contributed by atoms with Crippen molar-refractivity contribution >= 4 is 44.7 Å². The van der Waals surface area contributed by atoms with Crippen LogP contribution in [0.3, 0.4) is 0 Å². The minimum Gasteiger partial charge on any atom is -0.478 e. The molecule has 0 aliphatic carbocycles. The maximum Gasteiger partial charge on any atom is 0.265 e. The normalized spacial score (nSPS) is 14.6. The van der Waals surface area contributed by atoms with Crippen LogP contribution in [0.25, 0.3) is 32.5 Å². The molecule has 0 saturated carbocycles. The van der Waals surface area contributed by atoms with Crippen molar-refractivity contribution < 1.29 is 4.74 Å². The van der Waals surface area contributed by atoms with E-state index >= 15 is 0 Å². The van der Waals surface area contributed by atoms with Gasteiger partial charge in [0.2, 0.25) is 0 Å². The van der Waals surface area contributed by atoms with Gasteiger partial charge in [-0.25, -0.2) is 10.1 Å². The molecule has 52 heavy (non-hydrogen) atoms. The topological polar surface area (TPSA) is 40.6 Å². The fourth-order valence-corrected chi connectivity index (χ4v) is 7.06. The Hall–Kier alpha value is -7.14. The third kappa shape index (κ3) is 6.22. The first-order valence-corrected chi connectivity index (χ1v) is 17.2. The summed E-state index contributed by atoms with van der Waals surface area (Å²) < 4.78 is 6.90. The van der Waals surface area contributed by atoms with Crippen molar-refractivity contribution in [3.8, 4) is 6.07 Å². The van der Waals surface area contributed by atoms with Crippen LogP contribution in [0.1, 0.15) is 23.1 Å². The molecule has 0 aromatic heterocycles. The second kappa shape index (κ2) is 14.0. The number of fused-ring (bicyclic) bond motifs is 2. The van der Waals surface area contributed by atoms with Crippen LogP contribution in [-0.2, 0) is 10.3 Å². The quantitative estimate of drug-likeness (QED) is 0.125. The van der Waals surface area contributed by atoms with Crippen molar-refractivity contribution in [1.29, 1.82) is 5.26 Å². The number of benzene rings is 7. The summed E-state index contributed by atoms with van der Waals surface area (Å²) in [5, 5.41) is 14.7. The Labute approximate surface area is 303 Å². The summed E-state index contributed by atoms with van der Waals surface area (Å²) in [5.41, 5.74) is 5.86. The molecule has 246 valence electrons. The van der Waals surface area contributed by atoms with E-state index in [-0.39, 0.29) is 5.70 Å². The number of nitrogens with zero attached hydrogens (tertiary/aromatic N) is 3. The number of allylic oxidation sites excluding steroid dienone is 3. The Kier molecular flexibility index (Phi) is 8.64. The molecule has 7 aromatic carbocycles. The first-order valence-electron chi connectivity index (χ1n) is 17.2. The summed E-state index contributed by atoms with van der Waals surface area (Å²) in [5.74, 6) is 0.573. The SMILES string of the molecule is [C-]#[N+]C(C#N)=C1C=C(C=Cc2ccc(N(c3ccc4ccccc4c3)c3ccc4ccccc4c3)cc2)OC(c2ccccc2)(c2ccccc2)C1. The molecule has 4 heteroatoms. The Bertz CT molecular complexity index is 2450. The summed E-state index contributed by atoms with van der Waals surface area (Å²) in [4.78, 5) is 5.87. The first-order chi connectivity index (χ1) is 25.6. The highest BCUT2D eigenvalue weighted by Crippen LogP contribution is 2.46. The minimum absolute atomic E-state index is 0.0669. The van der Waals surface area contributed by atoms with Gasteiger partial charge in [-0.15, -0.1) is 0 Å². The third-order valence-electron chi connectivity index (χ3n) is 9.62. The lowest BCUT2D eigenvalue weighted by molar-refractivity contribution is 0.0348. The monoisotopic (exact) mass is 667 g/mol. The molecule has 0 fully saturated rings. The maximum absolute atomic E-state index is 9.91. The first kappa shape index (κ1) is 32.1. The molecule has 7 aromatic rings. The molecule has 0 spiro atoms. The summed E-state index contributed by atoms with van der Waals surface area (Å²) in [6.07, 6.45) is 6.13. The van der Waals surface area contributed by atoms with Crippen LogP contribution >= 0.6 is 0 Å². The van der Waals surface area contributed by atoms with Crippen LogP contribution in [0.15, 0.2) is 199 Å². The van der Waals surface area contributed by atoms with Gasteiger partial charge >= 0.3 is 0 Å². The predicted molar refractivity (Wildman–Crippen MR) is 212 cm³/mol. The molecular weight excluding hydrogens is 635 g/mol. The number of hydrogen-bond donors (Lipinski definition) is 0. The van der Waals surface area contributed by atoms with Gasteiger partial charge in [-0.1, -0.05) is 140 Å². The van der Waals surface area contributed by atoms with Gasteiger partial charge in [0.05, 0.1) is 12.6 Å². The van der Waals surface area contributed by atoms with Crippen molar-refractivity contribution in [3.63, 3.8) is 0 Å². The standard InChI is InChI=1S/C48H33N3O/c1-50-47(34-49)40-32-46(52-48(33-40,41-16-4-2-5-17-41)42-18-6-3-7-19-42)29-22-35-20-25-43(26-21-35)51(44-27-23-36-12-8-10-14-38(36)30-44)45-28-24-37-13-9-11-15-39(37)31-45/h2-32H,33H2. The smallest absolute Gasteiger partial charge is 0.265 e. The van der Waals surface area contributed by atoms with Crippen molar-refractivity contribution in [2.24, 2.45) is 0 Å². The van der Waals surface area contributed by atoms with Gasteiger partial charge in [0.1, 0.15) is 5.76 Å². The lowest BCUT2D eigenvalue weighted by Crippen LogP contribution is -2.34. The van der Waals surface area contributed by atoms with E-state index in [4.69, 9.17) is 11.3 Å². The van der Waals surface area contributed by atoms with Gasteiger partial charge in [-0.3, -0.25) is 0 Å². The highest BCUT2D eigenvalue weighted by atomic mass is 16.5. The van der Waals surface area contributed by atoms with Gasteiger partial charge in [-0.05, 0) is 81.2 Å². The van der Waals surface area contributed by atoms with Crippen molar-refractivity contribution in [1.82, 2.24) is 0 Å². The van der Waals surface area contributed by atoms with Crippen molar-refractivity contribution in [2.75, 3.05) is 4.90 Å². The van der Waals surface area contributed by atoms with Crippen LogP contribution in [0.5, 0.6) is 0 Å².